The Kier molecular flexibility index (Phi) is 6.49. The molecule has 0 unspecified atom stereocenters. The van der Waals surface area contributed by atoms with Crippen molar-refractivity contribution in [2.75, 3.05) is 13.7 Å². The van der Waals surface area contributed by atoms with Crippen LogP contribution in [0.5, 0.6) is 5.75 Å². The van der Waals surface area contributed by atoms with Gasteiger partial charge in [-0.05, 0) is 36.3 Å². The fourth-order valence-electron chi connectivity index (χ4n) is 2.49. The lowest BCUT2D eigenvalue weighted by atomic mass is 10.1. The molecule has 0 N–H and O–H groups in total. The standard InChI is InChI=1S/C21H19NO4S2/c1-14-3-5-16(6-4-14)13-26-17-9-7-15(8-10-17)11-18-20(24)22(21(27)28-18)12-19(23)25-2/h3-11H,12-13H2,1-2H3/b18-11-. The highest BCUT2D eigenvalue weighted by molar-refractivity contribution is 8.26. The maximum absolute atomic E-state index is 12.4. The third-order valence-corrected chi connectivity index (χ3v) is 5.47. The summed E-state index contributed by atoms with van der Waals surface area (Å²) in [5.74, 6) is -0.0521. The first kappa shape index (κ1) is 20.1. The number of rotatable bonds is 6. The maximum atomic E-state index is 12.4. The molecule has 28 heavy (non-hydrogen) atoms. The van der Waals surface area contributed by atoms with Crippen LogP contribution in [0.1, 0.15) is 16.7 Å². The van der Waals surface area contributed by atoms with E-state index in [2.05, 4.69) is 16.9 Å². The van der Waals surface area contributed by atoms with E-state index in [9.17, 15) is 9.59 Å². The molecule has 2 aromatic rings. The molecule has 5 nitrogen and oxygen atoms in total. The molecule has 144 valence electrons. The molecule has 1 heterocycles. The van der Waals surface area contributed by atoms with Gasteiger partial charge in [0.1, 0.15) is 23.2 Å². The molecular formula is C21H19NO4S2. The molecule has 0 radical (unpaired) electrons. The average Bonchev–Trinajstić information content (AvgIpc) is 2.96. The van der Waals surface area contributed by atoms with Crippen LogP contribution in [0.25, 0.3) is 6.08 Å². The normalized spacial score (nSPS) is 15.2. The number of carbonyl (C=O) groups excluding carboxylic acids is 2. The van der Waals surface area contributed by atoms with Crippen LogP contribution in [0.4, 0.5) is 0 Å². The molecule has 0 atom stereocenters. The minimum absolute atomic E-state index is 0.176. The zero-order chi connectivity index (χ0) is 20.1. The summed E-state index contributed by atoms with van der Waals surface area (Å²) in [5.41, 5.74) is 3.16. The summed E-state index contributed by atoms with van der Waals surface area (Å²) in [6.07, 6.45) is 1.75. The fourth-order valence-corrected chi connectivity index (χ4v) is 3.75. The van der Waals surface area contributed by atoms with Crippen molar-refractivity contribution in [3.05, 3.63) is 70.1 Å². The Labute approximate surface area is 173 Å². The van der Waals surface area contributed by atoms with Crippen molar-refractivity contribution < 1.29 is 19.1 Å². The third-order valence-electron chi connectivity index (χ3n) is 4.09. The van der Waals surface area contributed by atoms with Crippen LogP contribution in [0, 0.1) is 6.92 Å². The Morgan fingerprint density at radius 2 is 1.82 bits per heavy atom. The number of hydrogen-bond donors (Lipinski definition) is 0. The van der Waals surface area contributed by atoms with Crippen LogP contribution in [0.2, 0.25) is 0 Å². The van der Waals surface area contributed by atoms with E-state index in [4.69, 9.17) is 17.0 Å². The van der Waals surface area contributed by atoms with Crippen molar-refractivity contribution in [1.29, 1.82) is 0 Å². The Bertz CT molecular complexity index is 920. The summed E-state index contributed by atoms with van der Waals surface area (Å²) >= 11 is 6.36. The number of methoxy groups -OCH3 is 1. The number of amides is 1. The number of ether oxygens (including phenoxy) is 2. The Balaban J connectivity index is 1.63. The number of aryl methyl sites for hydroxylation is 1. The number of hydrogen-bond acceptors (Lipinski definition) is 6. The van der Waals surface area contributed by atoms with Gasteiger partial charge in [0.05, 0.1) is 12.0 Å². The second kappa shape index (κ2) is 9.03. The summed E-state index contributed by atoms with van der Waals surface area (Å²) < 4.78 is 10.7. The van der Waals surface area contributed by atoms with Crippen LogP contribution in [0.15, 0.2) is 53.4 Å². The van der Waals surface area contributed by atoms with Crippen molar-refractivity contribution >= 4 is 46.3 Å². The van der Waals surface area contributed by atoms with Gasteiger partial charge in [0, 0.05) is 0 Å². The minimum atomic E-state index is -0.507. The first-order valence-corrected chi connectivity index (χ1v) is 9.79. The Hall–Kier alpha value is -2.64. The molecule has 3 rings (SSSR count). The van der Waals surface area contributed by atoms with Crippen LogP contribution in [0.3, 0.4) is 0 Å². The molecule has 1 aliphatic heterocycles. The van der Waals surface area contributed by atoms with Crippen molar-refractivity contribution in [1.82, 2.24) is 4.90 Å². The molecule has 0 aliphatic carbocycles. The van der Waals surface area contributed by atoms with E-state index in [1.807, 2.05) is 43.3 Å². The highest BCUT2D eigenvalue weighted by Gasteiger charge is 2.33. The number of thioether (sulfide) groups is 1. The number of esters is 1. The molecule has 0 aromatic heterocycles. The lowest BCUT2D eigenvalue weighted by molar-refractivity contribution is -0.143. The highest BCUT2D eigenvalue weighted by Crippen LogP contribution is 2.32. The monoisotopic (exact) mass is 413 g/mol. The zero-order valence-corrected chi connectivity index (χ0v) is 17.1. The second-order valence-electron chi connectivity index (χ2n) is 6.19. The van der Waals surface area contributed by atoms with E-state index < -0.39 is 5.97 Å². The van der Waals surface area contributed by atoms with Crippen LogP contribution in [-0.4, -0.2) is 34.8 Å². The summed E-state index contributed by atoms with van der Waals surface area (Å²) in [5, 5.41) is 0. The summed E-state index contributed by atoms with van der Waals surface area (Å²) in [6, 6.07) is 15.6. The van der Waals surface area contributed by atoms with E-state index in [-0.39, 0.29) is 12.5 Å². The molecule has 1 fully saturated rings. The maximum Gasteiger partial charge on any atom is 0.325 e. The summed E-state index contributed by atoms with van der Waals surface area (Å²) in [4.78, 5) is 25.6. The zero-order valence-electron chi connectivity index (χ0n) is 15.5. The number of benzene rings is 2. The number of nitrogens with zero attached hydrogens (tertiary/aromatic N) is 1. The van der Waals surface area contributed by atoms with E-state index in [1.165, 1.54) is 29.3 Å². The second-order valence-corrected chi connectivity index (χ2v) is 7.86. The van der Waals surface area contributed by atoms with Crippen LogP contribution >= 0.6 is 24.0 Å². The van der Waals surface area contributed by atoms with Crippen molar-refractivity contribution in [3.63, 3.8) is 0 Å². The first-order chi connectivity index (χ1) is 13.5. The van der Waals surface area contributed by atoms with Crippen molar-refractivity contribution in [3.8, 4) is 5.75 Å². The molecule has 1 saturated heterocycles. The predicted molar refractivity (Wildman–Crippen MR) is 114 cm³/mol. The van der Waals surface area contributed by atoms with E-state index in [0.717, 1.165) is 16.9 Å². The van der Waals surface area contributed by atoms with Crippen molar-refractivity contribution in [2.45, 2.75) is 13.5 Å². The lowest BCUT2D eigenvalue weighted by Gasteiger charge is -2.11. The SMILES string of the molecule is COC(=O)CN1C(=O)/C(=C/c2ccc(OCc3ccc(C)cc3)cc2)SC1=S. The van der Waals surface area contributed by atoms with E-state index >= 15 is 0 Å². The highest BCUT2D eigenvalue weighted by atomic mass is 32.2. The van der Waals surface area contributed by atoms with Gasteiger partial charge in [-0.3, -0.25) is 14.5 Å². The molecule has 0 saturated carbocycles. The van der Waals surface area contributed by atoms with Crippen LogP contribution < -0.4 is 4.74 Å². The quantitative estimate of drug-likeness (QED) is 0.406. The molecule has 7 heteroatoms. The van der Waals surface area contributed by atoms with Gasteiger partial charge in [-0.2, -0.15) is 0 Å². The molecule has 1 aliphatic rings. The minimum Gasteiger partial charge on any atom is -0.489 e. The summed E-state index contributed by atoms with van der Waals surface area (Å²) in [7, 11) is 1.28. The molecular weight excluding hydrogens is 394 g/mol. The average molecular weight is 414 g/mol. The molecule has 2 aromatic carbocycles. The lowest BCUT2D eigenvalue weighted by Crippen LogP contribution is -2.33. The Morgan fingerprint density at radius 3 is 2.46 bits per heavy atom. The Morgan fingerprint density at radius 1 is 1.14 bits per heavy atom. The van der Waals surface area contributed by atoms with Gasteiger partial charge in [0.15, 0.2) is 0 Å². The fraction of sp³-hybridized carbons (Fsp3) is 0.190. The van der Waals surface area contributed by atoms with E-state index in [0.29, 0.717) is 15.8 Å². The smallest absolute Gasteiger partial charge is 0.325 e. The molecule has 0 spiro atoms. The third kappa shape index (κ3) is 4.99. The van der Waals surface area contributed by atoms with Gasteiger partial charge in [0.25, 0.3) is 5.91 Å². The van der Waals surface area contributed by atoms with Gasteiger partial charge in [-0.15, -0.1) is 0 Å². The number of carbonyl (C=O) groups is 2. The van der Waals surface area contributed by atoms with Gasteiger partial charge in [-0.25, -0.2) is 0 Å². The van der Waals surface area contributed by atoms with Gasteiger partial charge in [0.2, 0.25) is 0 Å². The largest absolute Gasteiger partial charge is 0.489 e. The van der Waals surface area contributed by atoms with Crippen LogP contribution in [-0.2, 0) is 20.9 Å². The van der Waals surface area contributed by atoms with Gasteiger partial charge >= 0.3 is 5.97 Å². The topological polar surface area (TPSA) is 55.8 Å². The first-order valence-electron chi connectivity index (χ1n) is 8.57. The summed E-state index contributed by atoms with van der Waals surface area (Å²) in [6.45, 7) is 2.36. The number of thiocarbonyl (C=S) groups is 1. The van der Waals surface area contributed by atoms with E-state index in [1.54, 1.807) is 6.08 Å². The molecule has 0 bridgehead atoms. The van der Waals surface area contributed by atoms with Crippen molar-refractivity contribution in [2.24, 2.45) is 0 Å². The van der Waals surface area contributed by atoms with Gasteiger partial charge < -0.3 is 9.47 Å². The molecule has 1 amide bonds. The predicted octanol–water partition coefficient (Wildman–Crippen LogP) is 3.95. The van der Waals surface area contributed by atoms with Gasteiger partial charge in [-0.1, -0.05) is 65.9 Å².